The largest absolute Gasteiger partial charge is 0.457 e. The van der Waals surface area contributed by atoms with E-state index in [9.17, 15) is 29.1 Å². The predicted molar refractivity (Wildman–Crippen MR) is 235 cm³/mol. The van der Waals surface area contributed by atoms with E-state index in [1.54, 1.807) is 49.5 Å². The highest BCUT2D eigenvalue weighted by molar-refractivity contribution is 8.77. The number of ether oxygens (including phenoxy) is 3. The third kappa shape index (κ3) is 12.5. The van der Waals surface area contributed by atoms with Gasteiger partial charge in [-0.2, -0.15) is 0 Å². The van der Waals surface area contributed by atoms with Gasteiger partial charge in [-0.25, -0.2) is 9.59 Å². The van der Waals surface area contributed by atoms with Crippen LogP contribution < -0.4 is 10.2 Å². The number of rotatable bonds is 13. The minimum atomic E-state index is -1.61. The molecule has 3 amide bonds. The number of amides is 3. The number of halogens is 1. The van der Waals surface area contributed by atoms with Crippen LogP contribution in [0.3, 0.4) is 0 Å². The van der Waals surface area contributed by atoms with Crippen molar-refractivity contribution in [2.24, 2.45) is 11.8 Å². The van der Waals surface area contributed by atoms with Gasteiger partial charge in [0.2, 0.25) is 11.8 Å². The van der Waals surface area contributed by atoms with Crippen LogP contribution in [0.15, 0.2) is 35.9 Å². The summed E-state index contributed by atoms with van der Waals surface area (Å²) in [6, 6.07) is 2.87. The number of nitrogens with one attached hydrogen (secondary N) is 1. The van der Waals surface area contributed by atoms with Crippen molar-refractivity contribution < 1.29 is 43.3 Å². The number of carbonyl (C=O) groups excluding carboxylic acids is 5. The van der Waals surface area contributed by atoms with Gasteiger partial charge in [-0.05, 0) is 78.0 Å². The van der Waals surface area contributed by atoms with Crippen molar-refractivity contribution in [2.75, 3.05) is 24.7 Å². The summed E-state index contributed by atoms with van der Waals surface area (Å²) in [4.78, 5) is 69.0. The first-order valence-corrected chi connectivity index (χ1v) is 23.3. The number of hydrogen-bond acceptors (Lipinski definition) is 11. The molecular weight excluding hydrogens is 814 g/mol. The standard InChI is InChI=1S/C44H64ClN3O9S2/c1-12-32(49)17-14-20-58-59-42(7,8)19-18-36(50)47(10)30(6)40(52)56-35-24-37(51)48(11)33-23-31(22-27(3)38(33)45)21-26(2)15-13-16-28(4)44(54)25-34(55-41(53)46-44)29(5)39-43(35,9)57-39/h13,15-16,22-23,28-30,34-35,39,54H,12,14,17-21,24-25H2,1-11H3,(H,46,53)/b16-13+,26-15+/t28?,29?,30-,34?,35?,39?,43?,44?/m0/s1. The van der Waals surface area contributed by atoms with Crippen molar-refractivity contribution in [3.63, 3.8) is 0 Å². The van der Waals surface area contributed by atoms with E-state index < -0.39 is 59.6 Å². The lowest BCUT2D eigenvalue weighted by atomic mass is 9.82. The molecule has 3 heterocycles. The fourth-order valence-electron chi connectivity index (χ4n) is 7.49. The molecule has 0 saturated carbocycles. The molecule has 0 spiro atoms. The Morgan fingerprint density at radius 2 is 1.88 bits per heavy atom. The van der Waals surface area contributed by atoms with Crippen LogP contribution in [0.25, 0.3) is 0 Å². The van der Waals surface area contributed by atoms with Gasteiger partial charge in [-0.15, -0.1) is 0 Å². The van der Waals surface area contributed by atoms with Gasteiger partial charge in [-0.1, -0.05) is 83.8 Å². The predicted octanol–water partition coefficient (Wildman–Crippen LogP) is 8.13. The van der Waals surface area contributed by atoms with Gasteiger partial charge in [0.05, 0.1) is 23.2 Å². The summed E-state index contributed by atoms with van der Waals surface area (Å²) >= 11 is 6.81. The highest BCUT2D eigenvalue weighted by atomic mass is 35.5. The van der Waals surface area contributed by atoms with E-state index in [1.165, 1.54) is 9.80 Å². The summed E-state index contributed by atoms with van der Waals surface area (Å²) in [7, 11) is 6.58. The van der Waals surface area contributed by atoms with E-state index in [1.807, 2.05) is 65.0 Å². The number of Topliss-reactive ketones (excluding diaryl/α,β-unsaturated/α-hetero) is 1. The first-order chi connectivity index (χ1) is 27.5. The van der Waals surface area contributed by atoms with Gasteiger partial charge in [0, 0.05) is 62.1 Å². The number of hydrogen-bond donors (Lipinski definition) is 2. The van der Waals surface area contributed by atoms with Crippen LogP contribution in [-0.2, 0) is 39.8 Å². The molecule has 12 nitrogen and oxygen atoms in total. The molecule has 7 unspecified atom stereocenters. The zero-order chi connectivity index (χ0) is 44.0. The van der Waals surface area contributed by atoms with Crippen molar-refractivity contribution in [2.45, 2.75) is 154 Å². The third-order valence-corrected chi connectivity index (χ3v) is 15.9. The Hall–Kier alpha value is -3.04. The Balaban J connectivity index is 1.57. The van der Waals surface area contributed by atoms with E-state index in [0.29, 0.717) is 36.4 Å². The molecule has 1 aromatic rings. The number of likely N-dealkylation sites (N-methyl/N-ethyl adjacent to an activating group) is 1. The van der Waals surface area contributed by atoms with E-state index in [4.69, 9.17) is 25.8 Å². The van der Waals surface area contributed by atoms with Gasteiger partial charge in [0.1, 0.15) is 35.4 Å². The summed E-state index contributed by atoms with van der Waals surface area (Å²) in [5.41, 5.74) is 0.475. The van der Waals surface area contributed by atoms with Crippen LogP contribution in [0.5, 0.6) is 0 Å². The van der Waals surface area contributed by atoms with E-state index in [0.717, 1.165) is 28.9 Å². The fourth-order valence-corrected chi connectivity index (χ4v) is 10.4. The summed E-state index contributed by atoms with van der Waals surface area (Å²) in [5, 5.41) is 14.8. The van der Waals surface area contributed by atoms with Crippen molar-refractivity contribution >= 4 is 68.5 Å². The minimum absolute atomic E-state index is 0.0672. The molecule has 0 radical (unpaired) electrons. The number of aryl methyl sites for hydroxylation is 1. The van der Waals surface area contributed by atoms with Crippen molar-refractivity contribution in [1.82, 2.24) is 10.2 Å². The average molecular weight is 879 g/mol. The Labute approximate surface area is 363 Å². The third-order valence-electron chi connectivity index (χ3n) is 12.0. The molecule has 3 aliphatic heterocycles. The minimum Gasteiger partial charge on any atom is -0.457 e. The number of allylic oxidation sites excluding steroid dienone is 3. The Bertz CT molecular complexity index is 1810. The second kappa shape index (κ2) is 20.2. The lowest BCUT2D eigenvalue weighted by Crippen LogP contribution is -2.60. The van der Waals surface area contributed by atoms with E-state index in [2.05, 4.69) is 19.2 Å². The first-order valence-electron chi connectivity index (χ1n) is 20.6. The maximum absolute atomic E-state index is 14.2. The van der Waals surface area contributed by atoms with Gasteiger partial charge >= 0.3 is 12.1 Å². The summed E-state index contributed by atoms with van der Waals surface area (Å²) < 4.78 is 18.0. The number of epoxide rings is 1. The zero-order valence-electron chi connectivity index (χ0n) is 36.5. The molecule has 2 N–H and O–H groups in total. The number of anilines is 1. The molecule has 15 heteroatoms. The summed E-state index contributed by atoms with van der Waals surface area (Å²) in [5.74, 6) is -1.15. The van der Waals surface area contributed by atoms with Gasteiger partial charge in [0.25, 0.3) is 0 Å². The molecule has 3 aliphatic rings. The number of carbonyl (C=O) groups is 5. The fraction of sp³-hybridized carbons (Fsp3) is 0.659. The Morgan fingerprint density at radius 3 is 2.56 bits per heavy atom. The molecule has 0 aliphatic carbocycles. The number of alkyl carbamates (subject to hydrolysis) is 1. The normalized spacial score (nSPS) is 29.5. The molecule has 2 saturated heterocycles. The second-order valence-corrected chi connectivity index (χ2v) is 20.8. The van der Waals surface area contributed by atoms with Crippen LogP contribution in [0, 0.1) is 18.8 Å². The van der Waals surface area contributed by atoms with Gasteiger partial charge < -0.3 is 29.1 Å². The van der Waals surface area contributed by atoms with Crippen LogP contribution in [0.1, 0.15) is 111 Å². The first kappa shape index (κ1) is 48.6. The van der Waals surface area contributed by atoms with E-state index >= 15 is 0 Å². The Kier molecular flexibility index (Phi) is 16.7. The number of esters is 1. The number of benzene rings is 1. The van der Waals surface area contributed by atoms with Crippen LogP contribution >= 0.6 is 33.2 Å². The smallest absolute Gasteiger partial charge is 0.409 e. The highest BCUT2D eigenvalue weighted by Gasteiger charge is 2.64. The lowest BCUT2D eigenvalue weighted by Gasteiger charge is -2.41. The van der Waals surface area contributed by atoms with Crippen LogP contribution in [0.2, 0.25) is 5.02 Å². The molecule has 8 atom stereocenters. The quantitative estimate of drug-likeness (QED) is 0.0854. The number of fused-ring (bicyclic) bond motifs is 5. The Morgan fingerprint density at radius 1 is 1.19 bits per heavy atom. The average Bonchev–Trinajstić information content (AvgIpc) is 3.87. The molecule has 4 bridgehead atoms. The van der Waals surface area contributed by atoms with Gasteiger partial charge in [-0.3, -0.25) is 19.7 Å². The number of aliphatic hydroxyl groups is 1. The molecule has 328 valence electrons. The topological polar surface area (TPSA) is 155 Å². The van der Waals surface area contributed by atoms with E-state index in [-0.39, 0.29) is 41.6 Å². The van der Waals surface area contributed by atoms with Crippen molar-refractivity contribution in [3.8, 4) is 0 Å². The van der Waals surface area contributed by atoms with Crippen molar-refractivity contribution in [1.29, 1.82) is 0 Å². The molecule has 2 fully saturated rings. The SMILES string of the molecule is CCC(=O)CCCSSC(C)(C)CCC(=O)N(C)[C@@H](C)C(=O)OC1CC(=O)N(C)c2cc(cc(C)c2Cl)C/C(C)=C/C=C/C(C)C2(O)CC(OC(=O)N2)C(C)C2OC12C. The molecular formula is C44H64ClN3O9S2. The monoisotopic (exact) mass is 877 g/mol. The maximum atomic E-state index is 14.2. The second-order valence-electron chi connectivity index (χ2n) is 17.3. The maximum Gasteiger partial charge on any atom is 0.409 e. The van der Waals surface area contributed by atoms with Gasteiger partial charge in [0.15, 0.2) is 0 Å². The number of nitrogens with zero attached hydrogens (tertiary/aromatic N) is 2. The molecule has 59 heavy (non-hydrogen) atoms. The van der Waals surface area contributed by atoms with Crippen LogP contribution in [0.4, 0.5) is 10.5 Å². The highest BCUT2D eigenvalue weighted by Crippen LogP contribution is 2.49. The molecule has 0 aromatic heterocycles. The molecule has 4 rings (SSSR count). The summed E-state index contributed by atoms with van der Waals surface area (Å²) in [6.07, 6.45) is 5.50. The van der Waals surface area contributed by atoms with Crippen molar-refractivity contribution in [3.05, 3.63) is 52.1 Å². The summed E-state index contributed by atoms with van der Waals surface area (Å²) in [6.45, 7) is 16.9. The van der Waals surface area contributed by atoms with Crippen LogP contribution in [-0.4, -0.2) is 99.9 Å². The number of ketones is 1. The zero-order valence-corrected chi connectivity index (χ0v) is 38.9. The molecule has 1 aromatic carbocycles. The lowest BCUT2D eigenvalue weighted by molar-refractivity contribution is -0.162.